The summed E-state index contributed by atoms with van der Waals surface area (Å²) in [5.41, 5.74) is 0.653. The number of aromatic nitrogens is 2. The molecule has 1 rings (SSSR count). The molecule has 0 fully saturated rings. The molecule has 0 spiro atoms. The molecule has 1 unspecified atom stereocenters. The number of carbonyl (C=O) groups is 1. The lowest BCUT2D eigenvalue weighted by atomic mass is 10.3. The first-order valence-corrected chi connectivity index (χ1v) is 3.46. The van der Waals surface area contributed by atoms with Gasteiger partial charge in [-0.25, -0.2) is 0 Å². The van der Waals surface area contributed by atoms with Crippen LogP contribution in [0.3, 0.4) is 0 Å². The number of hydrogen-bond donors (Lipinski definition) is 2. The maximum Gasteiger partial charge on any atom is 0.325 e. The average Bonchev–Trinajstić information content (AvgIpc) is 2.06. The largest absolute Gasteiger partial charge is 0.480 e. The van der Waals surface area contributed by atoms with Gasteiger partial charge in [0.25, 0.3) is 0 Å². The SMILES string of the molecule is CC(Nc1ccnnc1)C(=O)O.Cl. The predicted molar refractivity (Wildman–Crippen MR) is 50.0 cm³/mol. The number of rotatable bonds is 3. The lowest BCUT2D eigenvalue weighted by Gasteiger charge is -2.08. The van der Waals surface area contributed by atoms with Gasteiger partial charge in [-0.15, -0.1) is 12.4 Å². The van der Waals surface area contributed by atoms with Gasteiger partial charge in [-0.3, -0.25) is 4.79 Å². The fourth-order valence-corrected chi connectivity index (χ4v) is 0.688. The first-order chi connectivity index (χ1) is 5.70. The molecule has 1 atom stereocenters. The first-order valence-electron chi connectivity index (χ1n) is 3.46. The first kappa shape index (κ1) is 11.6. The number of anilines is 1. The molecule has 0 aliphatic rings. The molecule has 0 radical (unpaired) electrons. The van der Waals surface area contributed by atoms with Crippen LogP contribution in [-0.4, -0.2) is 27.3 Å². The van der Waals surface area contributed by atoms with Crippen LogP contribution in [0.15, 0.2) is 18.5 Å². The van der Waals surface area contributed by atoms with E-state index in [2.05, 4.69) is 15.5 Å². The van der Waals surface area contributed by atoms with E-state index in [0.29, 0.717) is 5.69 Å². The third-order valence-electron chi connectivity index (χ3n) is 1.34. The van der Waals surface area contributed by atoms with Crippen LogP contribution in [-0.2, 0) is 4.79 Å². The van der Waals surface area contributed by atoms with Crippen molar-refractivity contribution >= 4 is 24.1 Å². The van der Waals surface area contributed by atoms with Crippen LogP contribution in [0, 0.1) is 0 Å². The smallest absolute Gasteiger partial charge is 0.325 e. The summed E-state index contributed by atoms with van der Waals surface area (Å²) < 4.78 is 0. The molecule has 13 heavy (non-hydrogen) atoms. The highest BCUT2D eigenvalue weighted by atomic mass is 35.5. The molecule has 5 nitrogen and oxygen atoms in total. The van der Waals surface area contributed by atoms with Gasteiger partial charge in [-0.05, 0) is 13.0 Å². The average molecular weight is 204 g/mol. The Kier molecular flexibility index (Phi) is 4.76. The minimum atomic E-state index is -0.896. The van der Waals surface area contributed by atoms with Gasteiger partial charge in [0.1, 0.15) is 6.04 Å². The number of hydrogen-bond acceptors (Lipinski definition) is 4. The van der Waals surface area contributed by atoms with E-state index in [-0.39, 0.29) is 12.4 Å². The second kappa shape index (κ2) is 5.31. The van der Waals surface area contributed by atoms with E-state index in [4.69, 9.17) is 5.11 Å². The highest BCUT2D eigenvalue weighted by Crippen LogP contribution is 2.03. The van der Waals surface area contributed by atoms with Crippen LogP contribution in [0.5, 0.6) is 0 Å². The van der Waals surface area contributed by atoms with Crippen LogP contribution < -0.4 is 5.32 Å². The molecule has 1 heterocycles. The summed E-state index contributed by atoms with van der Waals surface area (Å²) in [5.74, 6) is -0.896. The van der Waals surface area contributed by atoms with Crippen molar-refractivity contribution in [2.24, 2.45) is 0 Å². The van der Waals surface area contributed by atoms with Crippen molar-refractivity contribution in [1.29, 1.82) is 0 Å². The maximum atomic E-state index is 10.4. The van der Waals surface area contributed by atoms with E-state index in [1.165, 1.54) is 12.4 Å². The minimum Gasteiger partial charge on any atom is -0.480 e. The zero-order valence-electron chi connectivity index (χ0n) is 6.97. The second-order valence-electron chi connectivity index (χ2n) is 2.34. The number of carboxylic acid groups (broad SMARTS) is 1. The molecule has 0 bridgehead atoms. The molecular weight excluding hydrogens is 194 g/mol. The van der Waals surface area contributed by atoms with Crippen molar-refractivity contribution < 1.29 is 9.90 Å². The van der Waals surface area contributed by atoms with Crippen molar-refractivity contribution in [2.75, 3.05) is 5.32 Å². The van der Waals surface area contributed by atoms with Gasteiger partial charge in [0, 0.05) is 0 Å². The van der Waals surface area contributed by atoms with Crippen LogP contribution in [0.2, 0.25) is 0 Å². The molecule has 1 aromatic heterocycles. The number of carboxylic acids is 1. The van der Waals surface area contributed by atoms with Gasteiger partial charge in [0.05, 0.1) is 18.1 Å². The van der Waals surface area contributed by atoms with Crippen LogP contribution in [0.25, 0.3) is 0 Å². The zero-order chi connectivity index (χ0) is 8.97. The molecule has 0 saturated carbocycles. The van der Waals surface area contributed by atoms with Crippen molar-refractivity contribution in [1.82, 2.24) is 10.2 Å². The molecule has 0 aromatic carbocycles. The van der Waals surface area contributed by atoms with Gasteiger partial charge in [0.2, 0.25) is 0 Å². The molecule has 6 heteroatoms. The van der Waals surface area contributed by atoms with Gasteiger partial charge >= 0.3 is 5.97 Å². The molecular formula is C7H10ClN3O2. The summed E-state index contributed by atoms with van der Waals surface area (Å²) in [6.45, 7) is 1.56. The van der Waals surface area contributed by atoms with E-state index < -0.39 is 12.0 Å². The Morgan fingerprint density at radius 3 is 2.77 bits per heavy atom. The normalized spacial score (nSPS) is 11.2. The molecule has 0 aliphatic carbocycles. The molecule has 1 aromatic rings. The van der Waals surface area contributed by atoms with Gasteiger partial charge in [-0.2, -0.15) is 10.2 Å². The summed E-state index contributed by atoms with van der Waals surface area (Å²) >= 11 is 0. The van der Waals surface area contributed by atoms with Crippen LogP contribution in [0.4, 0.5) is 5.69 Å². The van der Waals surface area contributed by atoms with E-state index in [1.54, 1.807) is 13.0 Å². The number of nitrogens with one attached hydrogen (secondary N) is 1. The molecule has 0 amide bonds. The predicted octanol–water partition coefficient (Wildman–Crippen LogP) is 0.783. The zero-order valence-corrected chi connectivity index (χ0v) is 7.78. The van der Waals surface area contributed by atoms with Crippen molar-refractivity contribution in [2.45, 2.75) is 13.0 Å². The van der Waals surface area contributed by atoms with E-state index in [0.717, 1.165) is 0 Å². The fraction of sp³-hybridized carbons (Fsp3) is 0.286. The lowest BCUT2D eigenvalue weighted by Crippen LogP contribution is -2.25. The summed E-state index contributed by atoms with van der Waals surface area (Å²) in [6.07, 6.45) is 2.97. The summed E-state index contributed by atoms with van der Waals surface area (Å²) in [7, 11) is 0. The highest BCUT2D eigenvalue weighted by molar-refractivity contribution is 5.85. The van der Waals surface area contributed by atoms with E-state index in [1.807, 2.05) is 0 Å². The Morgan fingerprint density at radius 2 is 2.31 bits per heavy atom. The fourth-order valence-electron chi connectivity index (χ4n) is 0.688. The third kappa shape index (κ3) is 3.71. The van der Waals surface area contributed by atoms with Crippen molar-refractivity contribution in [3.8, 4) is 0 Å². The minimum absolute atomic E-state index is 0. The van der Waals surface area contributed by atoms with Gasteiger partial charge < -0.3 is 10.4 Å². The van der Waals surface area contributed by atoms with Gasteiger partial charge in [0.15, 0.2) is 0 Å². The van der Waals surface area contributed by atoms with E-state index >= 15 is 0 Å². The van der Waals surface area contributed by atoms with Crippen molar-refractivity contribution in [3.63, 3.8) is 0 Å². The second-order valence-corrected chi connectivity index (χ2v) is 2.34. The number of aliphatic carboxylic acids is 1. The van der Waals surface area contributed by atoms with Gasteiger partial charge in [-0.1, -0.05) is 0 Å². The monoisotopic (exact) mass is 203 g/mol. The Balaban J connectivity index is 0.00000144. The molecule has 2 N–H and O–H groups in total. The summed E-state index contributed by atoms with van der Waals surface area (Å²) in [6, 6.07) is 1.04. The Bertz CT molecular complexity index is 268. The summed E-state index contributed by atoms with van der Waals surface area (Å²) in [5, 5.41) is 18.4. The van der Waals surface area contributed by atoms with Crippen LogP contribution >= 0.6 is 12.4 Å². The van der Waals surface area contributed by atoms with E-state index in [9.17, 15) is 4.79 Å². The molecule has 72 valence electrons. The van der Waals surface area contributed by atoms with Crippen molar-refractivity contribution in [3.05, 3.63) is 18.5 Å². The molecule has 0 saturated heterocycles. The Morgan fingerprint density at radius 1 is 1.62 bits per heavy atom. The number of nitrogens with zero attached hydrogens (tertiary/aromatic N) is 2. The highest BCUT2D eigenvalue weighted by Gasteiger charge is 2.09. The maximum absolute atomic E-state index is 10.4. The quantitative estimate of drug-likeness (QED) is 0.760. The summed E-state index contributed by atoms with van der Waals surface area (Å²) in [4.78, 5) is 10.4. The van der Waals surface area contributed by atoms with Crippen LogP contribution in [0.1, 0.15) is 6.92 Å². The number of halogens is 1. The standard InChI is InChI=1S/C7H9N3O2.ClH/c1-5(7(11)12)10-6-2-3-8-9-4-6;/h2-5H,1H3,(H,8,10)(H,11,12);1H. The Hall–Kier alpha value is -1.36. The topological polar surface area (TPSA) is 75.1 Å². The molecule has 0 aliphatic heterocycles. The third-order valence-corrected chi connectivity index (χ3v) is 1.34. The Labute approximate surface area is 81.6 Å². The lowest BCUT2D eigenvalue weighted by molar-refractivity contribution is -0.137.